The predicted molar refractivity (Wildman–Crippen MR) is 91.1 cm³/mol. The van der Waals surface area contributed by atoms with Gasteiger partial charge in [-0.15, -0.1) is 0 Å². The van der Waals surface area contributed by atoms with Crippen LogP contribution in [0.4, 0.5) is 0 Å². The summed E-state index contributed by atoms with van der Waals surface area (Å²) < 4.78 is 5.44. The Morgan fingerprint density at radius 2 is 2.14 bits per heavy atom. The van der Waals surface area contributed by atoms with Gasteiger partial charge in [0, 0.05) is 21.8 Å². The summed E-state index contributed by atoms with van der Waals surface area (Å²) in [7, 11) is 2.39. The lowest BCUT2D eigenvalue weighted by atomic mass is 9.62. The van der Waals surface area contributed by atoms with Crippen LogP contribution in [-0.2, 0) is 9.32 Å². The minimum Gasteiger partial charge on any atom is -0.360 e. The average molecular weight is 312 g/mol. The van der Waals surface area contributed by atoms with Crippen LogP contribution in [0.25, 0.3) is 0 Å². The zero-order valence-electron chi connectivity index (χ0n) is 14.3. The summed E-state index contributed by atoms with van der Waals surface area (Å²) in [5, 5.41) is 0. The molecule has 2 nitrogen and oxygen atoms in total. The maximum Gasteiger partial charge on any atom is 0.136 e. The van der Waals surface area contributed by atoms with Crippen molar-refractivity contribution in [3.05, 3.63) is 0 Å². The molecule has 2 saturated carbocycles. The second-order valence-electron chi connectivity index (χ2n) is 8.31. The topological polar surface area (TPSA) is 26.3 Å². The van der Waals surface area contributed by atoms with Crippen molar-refractivity contribution < 1.29 is 9.32 Å². The summed E-state index contributed by atoms with van der Waals surface area (Å²) in [6, 6.07) is 0. The summed E-state index contributed by atoms with van der Waals surface area (Å²) in [6.07, 6.45) is 9.20. The molecule has 3 unspecified atom stereocenters. The lowest BCUT2D eigenvalue weighted by Crippen LogP contribution is -2.39. The number of rotatable bonds is 6. The van der Waals surface area contributed by atoms with E-state index in [1.165, 1.54) is 25.7 Å². The summed E-state index contributed by atoms with van der Waals surface area (Å²) in [6.45, 7) is 9.11. The van der Waals surface area contributed by atoms with Gasteiger partial charge in [0.25, 0.3) is 0 Å². The van der Waals surface area contributed by atoms with Crippen molar-refractivity contribution in [2.45, 2.75) is 84.7 Å². The van der Waals surface area contributed by atoms with Crippen molar-refractivity contribution in [2.75, 3.05) is 0 Å². The highest BCUT2D eigenvalue weighted by Crippen LogP contribution is 2.57. The minimum absolute atomic E-state index is 0.0344. The molecule has 0 amide bonds. The van der Waals surface area contributed by atoms with Crippen LogP contribution in [0, 0.1) is 23.2 Å². The minimum atomic E-state index is -0.0344. The van der Waals surface area contributed by atoms with Crippen LogP contribution < -0.4 is 0 Å². The highest BCUT2D eigenvalue weighted by atomic mass is 31.0. The fourth-order valence-corrected chi connectivity index (χ4v) is 5.13. The lowest BCUT2D eigenvalue weighted by molar-refractivity contribution is -0.130. The first-order chi connectivity index (χ1) is 9.80. The van der Waals surface area contributed by atoms with Crippen LogP contribution in [0.1, 0.15) is 79.1 Å². The quantitative estimate of drug-likeness (QED) is 0.633. The van der Waals surface area contributed by atoms with E-state index in [1.54, 1.807) is 0 Å². The van der Waals surface area contributed by atoms with Gasteiger partial charge in [0.15, 0.2) is 0 Å². The SMILES string of the molecule is CC(CCCC(C)(C)OP)[C@H]1CCC2C(=O)CCC[C@@]21C. The Hall–Kier alpha value is 0.0600. The standard InChI is InChI=1S/C18H33O2P/c1-13(7-5-11-17(2,3)20-21)14-9-10-15-16(19)8-6-12-18(14,15)4/h13-15H,5-12,21H2,1-4H3/t13?,14-,15?,18-/m1/s1. The van der Waals surface area contributed by atoms with Gasteiger partial charge in [-0.1, -0.05) is 26.7 Å². The monoisotopic (exact) mass is 312 g/mol. The Bertz CT molecular complexity index is 379. The molecule has 3 heteroatoms. The zero-order valence-corrected chi connectivity index (χ0v) is 15.4. The molecule has 0 heterocycles. The summed E-state index contributed by atoms with van der Waals surface area (Å²) in [5.41, 5.74) is 0.259. The van der Waals surface area contributed by atoms with E-state index in [0.717, 1.165) is 37.5 Å². The number of hydrogen-bond acceptors (Lipinski definition) is 2. The van der Waals surface area contributed by atoms with E-state index in [2.05, 4.69) is 37.2 Å². The molecule has 0 bridgehead atoms. The predicted octanol–water partition coefficient (Wildman–Crippen LogP) is 5.16. The normalized spacial score (nSPS) is 34.8. The molecule has 0 aromatic rings. The molecule has 0 spiro atoms. The van der Waals surface area contributed by atoms with Crippen molar-refractivity contribution >= 4 is 15.2 Å². The van der Waals surface area contributed by atoms with E-state index in [-0.39, 0.29) is 5.60 Å². The lowest BCUT2D eigenvalue weighted by Gasteiger charge is -2.42. The molecule has 0 saturated heterocycles. The first-order valence-corrected chi connectivity index (χ1v) is 9.18. The van der Waals surface area contributed by atoms with Crippen LogP contribution in [0.2, 0.25) is 0 Å². The average Bonchev–Trinajstić information content (AvgIpc) is 2.77. The van der Waals surface area contributed by atoms with E-state index in [0.29, 0.717) is 17.1 Å². The van der Waals surface area contributed by atoms with Crippen molar-refractivity contribution in [3.8, 4) is 0 Å². The van der Waals surface area contributed by atoms with Gasteiger partial charge in [0.05, 0.1) is 5.60 Å². The molecule has 0 aromatic heterocycles. The molecule has 21 heavy (non-hydrogen) atoms. The zero-order chi connectivity index (χ0) is 15.7. The summed E-state index contributed by atoms with van der Waals surface area (Å²) in [4.78, 5) is 12.2. The van der Waals surface area contributed by atoms with Gasteiger partial charge in [-0.3, -0.25) is 4.79 Å². The third-order valence-electron chi connectivity index (χ3n) is 6.38. The molecule has 0 radical (unpaired) electrons. The molecule has 0 aliphatic heterocycles. The molecular weight excluding hydrogens is 279 g/mol. The Kier molecular flexibility index (Phi) is 5.53. The fourth-order valence-electron chi connectivity index (χ4n) is 5.01. The van der Waals surface area contributed by atoms with Crippen LogP contribution >= 0.6 is 9.47 Å². The number of ketones is 1. The second kappa shape index (κ2) is 6.67. The van der Waals surface area contributed by atoms with Gasteiger partial charge in [-0.2, -0.15) is 0 Å². The summed E-state index contributed by atoms with van der Waals surface area (Å²) in [5.74, 6) is 2.39. The second-order valence-corrected chi connectivity index (χ2v) is 8.54. The molecular formula is C18H33O2P. The Labute approximate surface area is 133 Å². The van der Waals surface area contributed by atoms with E-state index < -0.39 is 0 Å². The molecule has 2 aliphatic carbocycles. The number of fused-ring (bicyclic) bond motifs is 1. The van der Waals surface area contributed by atoms with E-state index in [1.807, 2.05) is 0 Å². The van der Waals surface area contributed by atoms with Crippen LogP contribution in [0.5, 0.6) is 0 Å². The maximum atomic E-state index is 12.2. The van der Waals surface area contributed by atoms with Gasteiger partial charge >= 0.3 is 0 Å². The molecule has 2 rings (SSSR count). The number of Topliss-reactive ketones (excluding diaryl/α,β-unsaturated/α-hetero) is 1. The Morgan fingerprint density at radius 1 is 1.43 bits per heavy atom. The van der Waals surface area contributed by atoms with Gasteiger partial charge in [-0.25, -0.2) is 0 Å². The first kappa shape index (κ1) is 17.4. The van der Waals surface area contributed by atoms with Crippen molar-refractivity contribution in [3.63, 3.8) is 0 Å². The van der Waals surface area contributed by atoms with Crippen molar-refractivity contribution in [1.82, 2.24) is 0 Å². The summed E-state index contributed by atoms with van der Waals surface area (Å²) >= 11 is 0. The molecule has 2 aliphatic rings. The number of carbonyl (C=O) groups is 1. The highest BCUT2D eigenvalue weighted by Gasteiger charge is 2.52. The molecule has 122 valence electrons. The van der Waals surface area contributed by atoms with Crippen molar-refractivity contribution in [2.24, 2.45) is 23.2 Å². The molecule has 5 atom stereocenters. The first-order valence-electron chi connectivity index (χ1n) is 8.71. The third-order valence-corrected chi connectivity index (χ3v) is 7.02. The van der Waals surface area contributed by atoms with E-state index in [9.17, 15) is 4.79 Å². The van der Waals surface area contributed by atoms with Gasteiger partial charge in [0.2, 0.25) is 0 Å². The molecule has 0 N–H and O–H groups in total. The van der Waals surface area contributed by atoms with Crippen LogP contribution in [0.15, 0.2) is 0 Å². The van der Waals surface area contributed by atoms with Gasteiger partial charge in [0.1, 0.15) is 5.78 Å². The smallest absolute Gasteiger partial charge is 0.136 e. The highest BCUT2D eigenvalue weighted by molar-refractivity contribution is 7.09. The molecule has 2 fully saturated rings. The van der Waals surface area contributed by atoms with Crippen molar-refractivity contribution in [1.29, 1.82) is 0 Å². The fraction of sp³-hybridized carbons (Fsp3) is 0.944. The Balaban J connectivity index is 1.91. The molecule has 0 aromatic carbocycles. The number of carbonyl (C=O) groups excluding carboxylic acids is 1. The largest absolute Gasteiger partial charge is 0.360 e. The van der Waals surface area contributed by atoms with Crippen LogP contribution in [-0.4, -0.2) is 11.4 Å². The Morgan fingerprint density at radius 3 is 2.81 bits per heavy atom. The van der Waals surface area contributed by atoms with E-state index in [4.69, 9.17) is 4.52 Å². The van der Waals surface area contributed by atoms with Gasteiger partial charge < -0.3 is 4.52 Å². The maximum absolute atomic E-state index is 12.2. The third kappa shape index (κ3) is 3.70. The number of hydrogen-bond donors (Lipinski definition) is 0. The van der Waals surface area contributed by atoms with E-state index >= 15 is 0 Å². The van der Waals surface area contributed by atoms with Crippen LogP contribution in [0.3, 0.4) is 0 Å². The van der Waals surface area contributed by atoms with Gasteiger partial charge in [-0.05, 0) is 63.2 Å².